The molecule has 136 valence electrons. The second-order valence-electron chi connectivity index (χ2n) is 6.29. The third-order valence-electron chi connectivity index (χ3n) is 4.28. The Balaban J connectivity index is 0.00000288. The molecule has 1 aromatic rings. The van der Waals surface area contributed by atoms with E-state index in [1.165, 1.54) is 28.6 Å². The molecule has 1 unspecified atom stereocenters. The van der Waals surface area contributed by atoms with E-state index in [-0.39, 0.29) is 35.3 Å². The maximum atomic E-state index is 12.4. The van der Waals surface area contributed by atoms with Crippen LogP contribution in [0, 0.1) is 5.92 Å². The van der Waals surface area contributed by atoms with E-state index in [9.17, 15) is 13.2 Å². The molecular weight excluding hydrogens is 350 g/mol. The van der Waals surface area contributed by atoms with Crippen LogP contribution in [0.5, 0.6) is 0 Å². The summed E-state index contributed by atoms with van der Waals surface area (Å²) in [5, 5.41) is 2.92. The van der Waals surface area contributed by atoms with Crippen LogP contribution in [-0.4, -0.2) is 44.3 Å². The fourth-order valence-electron chi connectivity index (χ4n) is 2.34. The highest BCUT2D eigenvalue weighted by atomic mass is 35.5. The van der Waals surface area contributed by atoms with Crippen molar-refractivity contribution in [3.63, 3.8) is 0 Å². The Kier molecular flexibility index (Phi) is 7.22. The molecule has 0 spiro atoms. The monoisotopic (exact) mass is 375 g/mol. The molecule has 0 bridgehead atoms. The molecule has 1 amide bonds. The average Bonchev–Trinajstić information content (AvgIpc) is 3.36. The number of nitrogens with one attached hydrogen (secondary N) is 1. The van der Waals surface area contributed by atoms with E-state index in [1.807, 2.05) is 13.8 Å². The number of amides is 1. The van der Waals surface area contributed by atoms with Crippen molar-refractivity contribution in [3.05, 3.63) is 29.8 Å². The van der Waals surface area contributed by atoms with Gasteiger partial charge < -0.3 is 11.1 Å². The standard InChI is InChI=1S/C16H25N3O3S.ClH/c1-11(2)19(3)23(21,22)14-8-6-13(7-9-14)16(20)18-15(10-17)12-4-5-12;/h6-9,11-12,15H,4-5,10,17H2,1-3H3,(H,18,20);1H. The van der Waals surface area contributed by atoms with Crippen LogP contribution in [0.1, 0.15) is 37.0 Å². The lowest BCUT2D eigenvalue weighted by atomic mass is 10.1. The summed E-state index contributed by atoms with van der Waals surface area (Å²) in [6, 6.07) is 5.88. The van der Waals surface area contributed by atoms with Gasteiger partial charge in [0.05, 0.1) is 4.90 Å². The SMILES string of the molecule is CC(C)N(C)S(=O)(=O)c1ccc(C(=O)NC(CN)C2CC2)cc1.Cl. The number of nitrogens with two attached hydrogens (primary N) is 1. The molecule has 0 aromatic heterocycles. The minimum Gasteiger partial charge on any atom is -0.348 e. The summed E-state index contributed by atoms with van der Waals surface area (Å²) in [6.45, 7) is 4.04. The number of sulfonamides is 1. The Hall–Kier alpha value is -1.15. The molecule has 3 N–H and O–H groups in total. The average molecular weight is 376 g/mol. The second kappa shape index (κ2) is 8.29. The largest absolute Gasteiger partial charge is 0.348 e. The first-order chi connectivity index (χ1) is 10.8. The van der Waals surface area contributed by atoms with Crippen LogP contribution in [0.3, 0.4) is 0 Å². The molecule has 1 aliphatic carbocycles. The van der Waals surface area contributed by atoms with E-state index < -0.39 is 10.0 Å². The predicted molar refractivity (Wildman–Crippen MR) is 96.8 cm³/mol. The molecule has 0 radical (unpaired) electrons. The van der Waals surface area contributed by atoms with Crippen molar-refractivity contribution < 1.29 is 13.2 Å². The molecule has 24 heavy (non-hydrogen) atoms. The van der Waals surface area contributed by atoms with Crippen molar-refractivity contribution in [1.82, 2.24) is 9.62 Å². The number of carbonyl (C=O) groups is 1. The number of halogens is 1. The third kappa shape index (κ3) is 4.69. The lowest BCUT2D eigenvalue weighted by Gasteiger charge is -2.21. The first kappa shape index (κ1) is 20.9. The number of nitrogens with zero attached hydrogens (tertiary/aromatic N) is 1. The van der Waals surface area contributed by atoms with Crippen molar-refractivity contribution in [3.8, 4) is 0 Å². The zero-order valence-electron chi connectivity index (χ0n) is 14.2. The molecule has 1 aliphatic rings. The highest BCUT2D eigenvalue weighted by Gasteiger charge is 2.31. The van der Waals surface area contributed by atoms with E-state index in [0.717, 1.165) is 12.8 Å². The number of carbonyl (C=O) groups excluding carboxylic acids is 1. The second-order valence-corrected chi connectivity index (χ2v) is 8.29. The van der Waals surface area contributed by atoms with Crippen LogP contribution < -0.4 is 11.1 Å². The van der Waals surface area contributed by atoms with Crippen LogP contribution in [-0.2, 0) is 10.0 Å². The van der Waals surface area contributed by atoms with Crippen molar-refractivity contribution in [1.29, 1.82) is 0 Å². The Morgan fingerprint density at radius 1 is 1.29 bits per heavy atom. The van der Waals surface area contributed by atoms with E-state index in [1.54, 1.807) is 7.05 Å². The molecule has 1 saturated carbocycles. The van der Waals surface area contributed by atoms with Crippen LogP contribution in [0.4, 0.5) is 0 Å². The van der Waals surface area contributed by atoms with Crippen LogP contribution in [0.2, 0.25) is 0 Å². The molecule has 2 rings (SSSR count). The van der Waals surface area contributed by atoms with Crippen LogP contribution in [0.15, 0.2) is 29.2 Å². The van der Waals surface area contributed by atoms with Gasteiger partial charge in [0.1, 0.15) is 0 Å². The topological polar surface area (TPSA) is 92.5 Å². The fourth-order valence-corrected chi connectivity index (χ4v) is 3.71. The zero-order chi connectivity index (χ0) is 17.2. The minimum absolute atomic E-state index is 0. The predicted octanol–water partition coefficient (Wildman–Crippen LogP) is 1.60. The van der Waals surface area contributed by atoms with Gasteiger partial charge in [-0.15, -0.1) is 12.4 Å². The quantitative estimate of drug-likeness (QED) is 0.757. The lowest BCUT2D eigenvalue weighted by Crippen LogP contribution is -2.41. The van der Waals surface area contributed by atoms with E-state index >= 15 is 0 Å². The first-order valence-electron chi connectivity index (χ1n) is 7.86. The van der Waals surface area contributed by atoms with Gasteiger partial charge in [0.25, 0.3) is 5.91 Å². The van der Waals surface area contributed by atoms with Gasteiger partial charge in [-0.1, -0.05) is 0 Å². The lowest BCUT2D eigenvalue weighted by molar-refractivity contribution is 0.0933. The van der Waals surface area contributed by atoms with Gasteiger partial charge in [0.2, 0.25) is 10.0 Å². The first-order valence-corrected chi connectivity index (χ1v) is 9.30. The highest BCUT2D eigenvalue weighted by molar-refractivity contribution is 7.89. The van der Waals surface area contributed by atoms with Crippen molar-refractivity contribution in [2.75, 3.05) is 13.6 Å². The molecule has 0 heterocycles. The molecular formula is C16H26ClN3O3S. The number of benzene rings is 1. The smallest absolute Gasteiger partial charge is 0.251 e. The Morgan fingerprint density at radius 2 is 1.83 bits per heavy atom. The number of hydrogen-bond acceptors (Lipinski definition) is 4. The van der Waals surface area contributed by atoms with Crippen LogP contribution in [0.25, 0.3) is 0 Å². The zero-order valence-corrected chi connectivity index (χ0v) is 15.9. The van der Waals surface area contributed by atoms with Gasteiger partial charge in [-0.05, 0) is 56.9 Å². The van der Waals surface area contributed by atoms with Gasteiger partial charge in [-0.25, -0.2) is 8.42 Å². The van der Waals surface area contributed by atoms with Crippen LogP contribution >= 0.6 is 12.4 Å². The van der Waals surface area contributed by atoms with Gasteiger partial charge in [0.15, 0.2) is 0 Å². The number of rotatable bonds is 7. The molecule has 1 fully saturated rings. The summed E-state index contributed by atoms with van der Waals surface area (Å²) in [6.07, 6.45) is 2.20. The third-order valence-corrected chi connectivity index (χ3v) is 6.33. The molecule has 0 aliphatic heterocycles. The van der Waals surface area contributed by atoms with E-state index in [0.29, 0.717) is 18.0 Å². The summed E-state index contributed by atoms with van der Waals surface area (Å²) in [5.74, 6) is 0.261. The maximum absolute atomic E-state index is 12.4. The molecule has 1 aromatic carbocycles. The number of hydrogen-bond donors (Lipinski definition) is 2. The van der Waals surface area contributed by atoms with Crippen molar-refractivity contribution in [2.24, 2.45) is 11.7 Å². The molecule has 1 atom stereocenters. The van der Waals surface area contributed by atoms with E-state index in [4.69, 9.17) is 5.73 Å². The maximum Gasteiger partial charge on any atom is 0.251 e. The van der Waals surface area contributed by atoms with E-state index in [2.05, 4.69) is 5.32 Å². The fraction of sp³-hybridized carbons (Fsp3) is 0.562. The summed E-state index contributed by atoms with van der Waals surface area (Å²) in [7, 11) is -1.99. The van der Waals surface area contributed by atoms with Crippen molar-refractivity contribution in [2.45, 2.75) is 43.7 Å². The Labute approximate surface area is 150 Å². The summed E-state index contributed by atoms with van der Waals surface area (Å²) < 4.78 is 26.1. The van der Waals surface area contributed by atoms with Crippen molar-refractivity contribution >= 4 is 28.3 Å². The summed E-state index contributed by atoms with van der Waals surface area (Å²) >= 11 is 0. The van der Waals surface area contributed by atoms with Gasteiger partial charge in [-0.3, -0.25) is 4.79 Å². The molecule has 0 saturated heterocycles. The molecule has 6 nitrogen and oxygen atoms in total. The molecule has 8 heteroatoms. The Morgan fingerprint density at radius 3 is 2.25 bits per heavy atom. The summed E-state index contributed by atoms with van der Waals surface area (Å²) in [5.41, 5.74) is 6.12. The van der Waals surface area contributed by atoms with Gasteiger partial charge in [0, 0.05) is 31.2 Å². The summed E-state index contributed by atoms with van der Waals surface area (Å²) in [4.78, 5) is 12.4. The minimum atomic E-state index is -3.53. The van der Waals surface area contributed by atoms with Gasteiger partial charge >= 0.3 is 0 Å². The normalized spacial score (nSPS) is 15.9. The highest BCUT2D eigenvalue weighted by Crippen LogP contribution is 2.32. The Bertz CT molecular complexity index is 658. The van der Waals surface area contributed by atoms with Gasteiger partial charge in [-0.2, -0.15) is 4.31 Å².